The van der Waals surface area contributed by atoms with Crippen molar-refractivity contribution in [3.63, 3.8) is 0 Å². The average molecular weight is 193 g/mol. The van der Waals surface area contributed by atoms with Gasteiger partial charge in [-0.15, -0.1) is 0 Å². The van der Waals surface area contributed by atoms with Crippen LogP contribution in [0.1, 0.15) is 17.4 Å². The molecule has 0 aliphatic carbocycles. The van der Waals surface area contributed by atoms with Crippen LogP contribution in [-0.4, -0.2) is 34.6 Å². The van der Waals surface area contributed by atoms with E-state index in [2.05, 4.69) is 5.10 Å². The van der Waals surface area contributed by atoms with Crippen LogP contribution in [0.15, 0.2) is 24.5 Å². The highest BCUT2D eigenvalue weighted by Gasteiger charge is 2.06. The molecule has 1 rings (SSSR count). The summed E-state index contributed by atoms with van der Waals surface area (Å²) in [6.45, 7) is 2.67. The molecule has 0 fully saturated rings. The average Bonchev–Trinajstić information content (AvgIpc) is 2.61. The molecule has 14 heavy (non-hydrogen) atoms. The number of aryl methyl sites for hydroxylation is 1. The molecule has 0 unspecified atom stereocenters. The smallest absolute Gasteiger partial charge is 0.205 e. The zero-order chi connectivity index (χ0) is 10.6. The van der Waals surface area contributed by atoms with Gasteiger partial charge in [-0.25, -0.2) is 0 Å². The van der Waals surface area contributed by atoms with Crippen LogP contribution in [-0.2, 0) is 6.54 Å². The molecule has 0 saturated carbocycles. The maximum absolute atomic E-state index is 11.6. The monoisotopic (exact) mass is 193 g/mol. The maximum Gasteiger partial charge on any atom is 0.205 e. The molecule has 76 valence electrons. The molecule has 4 nitrogen and oxygen atoms in total. The van der Waals surface area contributed by atoms with E-state index < -0.39 is 0 Å². The summed E-state index contributed by atoms with van der Waals surface area (Å²) >= 11 is 0. The molecule has 0 N–H and O–H groups in total. The summed E-state index contributed by atoms with van der Waals surface area (Å²) in [6, 6.07) is 1.73. The molecule has 1 aromatic rings. The number of ketones is 1. The lowest BCUT2D eigenvalue weighted by Crippen LogP contribution is -2.09. The summed E-state index contributed by atoms with van der Waals surface area (Å²) in [4.78, 5) is 13.4. The molecular weight excluding hydrogens is 178 g/mol. The third-order valence-electron chi connectivity index (χ3n) is 1.79. The predicted molar refractivity (Wildman–Crippen MR) is 55.1 cm³/mol. The van der Waals surface area contributed by atoms with Crippen LogP contribution in [0, 0.1) is 0 Å². The second kappa shape index (κ2) is 4.60. The molecule has 0 bridgehead atoms. The van der Waals surface area contributed by atoms with E-state index in [4.69, 9.17) is 0 Å². The standard InChI is InChI=1S/C10H15N3O/c1-4-13-9(5-7-11-13)10(14)6-8-12(2)3/h5-8H,4H2,1-3H3/b8-6-. The van der Waals surface area contributed by atoms with E-state index in [0.717, 1.165) is 0 Å². The van der Waals surface area contributed by atoms with E-state index >= 15 is 0 Å². The Kier molecular flexibility index (Phi) is 3.45. The first-order valence-electron chi connectivity index (χ1n) is 4.56. The van der Waals surface area contributed by atoms with Crippen molar-refractivity contribution in [2.45, 2.75) is 13.5 Å². The van der Waals surface area contributed by atoms with Crippen molar-refractivity contribution in [1.82, 2.24) is 14.7 Å². The number of hydrogen-bond acceptors (Lipinski definition) is 3. The van der Waals surface area contributed by atoms with Gasteiger partial charge in [-0.3, -0.25) is 9.48 Å². The molecule has 1 heterocycles. The normalized spacial score (nSPS) is 10.8. The number of nitrogens with zero attached hydrogens (tertiary/aromatic N) is 3. The molecule has 0 spiro atoms. The van der Waals surface area contributed by atoms with Crippen LogP contribution < -0.4 is 0 Å². The Balaban J connectivity index is 2.79. The van der Waals surface area contributed by atoms with Gasteiger partial charge in [0.15, 0.2) is 0 Å². The first kappa shape index (κ1) is 10.5. The van der Waals surface area contributed by atoms with Crippen molar-refractivity contribution in [2.75, 3.05) is 14.1 Å². The highest BCUT2D eigenvalue weighted by Crippen LogP contribution is 2.01. The number of hydrogen-bond donors (Lipinski definition) is 0. The molecule has 0 radical (unpaired) electrons. The lowest BCUT2D eigenvalue weighted by atomic mass is 10.3. The molecule has 0 saturated heterocycles. The van der Waals surface area contributed by atoms with Gasteiger partial charge in [-0.1, -0.05) is 0 Å². The summed E-state index contributed by atoms with van der Waals surface area (Å²) in [7, 11) is 3.75. The van der Waals surface area contributed by atoms with Gasteiger partial charge in [0, 0.05) is 39.1 Å². The number of aromatic nitrogens is 2. The van der Waals surface area contributed by atoms with Crippen LogP contribution in [0.3, 0.4) is 0 Å². The second-order valence-electron chi connectivity index (χ2n) is 3.18. The number of allylic oxidation sites excluding steroid dienone is 1. The summed E-state index contributed by atoms with van der Waals surface area (Å²) in [5.41, 5.74) is 0.630. The Morgan fingerprint density at radius 2 is 2.36 bits per heavy atom. The molecule has 0 amide bonds. The van der Waals surface area contributed by atoms with Crippen molar-refractivity contribution < 1.29 is 4.79 Å². The molecule has 0 aromatic carbocycles. The van der Waals surface area contributed by atoms with Crippen LogP contribution in [0.25, 0.3) is 0 Å². The van der Waals surface area contributed by atoms with E-state index in [9.17, 15) is 4.79 Å². The summed E-state index contributed by atoms with van der Waals surface area (Å²) in [5.74, 6) is -0.0157. The largest absolute Gasteiger partial charge is 0.383 e. The Labute approximate surface area is 83.8 Å². The lowest BCUT2D eigenvalue weighted by Gasteiger charge is -2.03. The highest BCUT2D eigenvalue weighted by molar-refractivity contribution is 6.03. The fourth-order valence-electron chi connectivity index (χ4n) is 1.10. The first-order valence-corrected chi connectivity index (χ1v) is 4.56. The summed E-state index contributed by atoms with van der Waals surface area (Å²) in [5, 5.41) is 4.03. The topological polar surface area (TPSA) is 38.1 Å². The molecule has 0 aliphatic rings. The quantitative estimate of drug-likeness (QED) is 0.532. The Hall–Kier alpha value is -1.58. The second-order valence-corrected chi connectivity index (χ2v) is 3.18. The zero-order valence-electron chi connectivity index (χ0n) is 8.77. The van der Waals surface area contributed by atoms with Crippen LogP contribution in [0.2, 0.25) is 0 Å². The van der Waals surface area contributed by atoms with E-state index in [1.807, 2.05) is 25.9 Å². The minimum absolute atomic E-state index is 0.0157. The number of rotatable bonds is 4. The summed E-state index contributed by atoms with van der Waals surface area (Å²) in [6.07, 6.45) is 4.92. The van der Waals surface area contributed by atoms with Crippen LogP contribution in [0.5, 0.6) is 0 Å². The van der Waals surface area contributed by atoms with Crippen molar-refractivity contribution in [1.29, 1.82) is 0 Å². The van der Waals surface area contributed by atoms with E-state index in [1.165, 1.54) is 0 Å². The minimum Gasteiger partial charge on any atom is -0.383 e. The van der Waals surface area contributed by atoms with Crippen LogP contribution in [0.4, 0.5) is 0 Å². The van der Waals surface area contributed by atoms with Crippen molar-refractivity contribution in [3.05, 3.63) is 30.2 Å². The third kappa shape index (κ3) is 2.45. The van der Waals surface area contributed by atoms with Gasteiger partial charge >= 0.3 is 0 Å². The lowest BCUT2D eigenvalue weighted by molar-refractivity contribution is 0.103. The van der Waals surface area contributed by atoms with Gasteiger partial charge in [-0.2, -0.15) is 5.10 Å². The van der Waals surface area contributed by atoms with E-state index in [-0.39, 0.29) is 5.78 Å². The molecule has 4 heteroatoms. The number of carbonyl (C=O) groups excluding carboxylic acids is 1. The number of carbonyl (C=O) groups is 1. The fraction of sp³-hybridized carbons (Fsp3) is 0.400. The summed E-state index contributed by atoms with van der Waals surface area (Å²) < 4.78 is 1.68. The zero-order valence-corrected chi connectivity index (χ0v) is 8.77. The van der Waals surface area contributed by atoms with Gasteiger partial charge in [0.25, 0.3) is 0 Å². The molecule has 1 aromatic heterocycles. The van der Waals surface area contributed by atoms with Crippen molar-refractivity contribution in [2.24, 2.45) is 0 Å². The first-order chi connectivity index (χ1) is 6.65. The van der Waals surface area contributed by atoms with Crippen molar-refractivity contribution >= 4 is 5.78 Å². The SMILES string of the molecule is CCn1nccc1C(=O)/C=C\N(C)C. The van der Waals surface area contributed by atoms with Gasteiger partial charge in [-0.05, 0) is 13.0 Å². The predicted octanol–water partition coefficient (Wildman–Crippen LogP) is 1.16. The molecule has 0 aliphatic heterocycles. The molecule has 0 atom stereocenters. The highest BCUT2D eigenvalue weighted by atomic mass is 16.1. The van der Waals surface area contributed by atoms with Crippen molar-refractivity contribution in [3.8, 4) is 0 Å². The van der Waals surface area contributed by atoms with Gasteiger partial charge < -0.3 is 4.90 Å². The van der Waals surface area contributed by atoms with E-state index in [0.29, 0.717) is 12.2 Å². The maximum atomic E-state index is 11.6. The fourth-order valence-corrected chi connectivity index (χ4v) is 1.10. The molecular formula is C10H15N3O. The Morgan fingerprint density at radius 1 is 1.64 bits per heavy atom. The van der Waals surface area contributed by atoms with Gasteiger partial charge in [0.2, 0.25) is 5.78 Å². The van der Waals surface area contributed by atoms with Crippen LogP contribution >= 0.6 is 0 Å². The van der Waals surface area contributed by atoms with E-state index in [1.54, 1.807) is 29.2 Å². The third-order valence-corrected chi connectivity index (χ3v) is 1.79. The Bertz CT molecular complexity index is 339. The Morgan fingerprint density at radius 3 is 2.93 bits per heavy atom. The van der Waals surface area contributed by atoms with Gasteiger partial charge in [0.05, 0.1) is 0 Å². The van der Waals surface area contributed by atoms with Gasteiger partial charge in [0.1, 0.15) is 5.69 Å². The minimum atomic E-state index is -0.0157.